The fourth-order valence-corrected chi connectivity index (χ4v) is 2.11. The summed E-state index contributed by atoms with van der Waals surface area (Å²) in [5.41, 5.74) is 1.31. The second kappa shape index (κ2) is 6.40. The van der Waals surface area contributed by atoms with E-state index in [1.807, 2.05) is 12.1 Å². The standard InChI is InChI=1S/C12H12N2O5S/c15-5-8(11(17)18)13-10(16)6-20-12-14-7-3-1-2-4-9(7)19-12/h1-4,8,15H,5-6H2,(H,13,16)(H,17,18)/t8-/m0/s1. The quantitative estimate of drug-likeness (QED) is 0.664. The average molecular weight is 296 g/mol. The van der Waals surface area contributed by atoms with Crippen LogP contribution in [0.4, 0.5) is 0 Å². The molecule has 0 radical (unpaired) electrons. The van der Waals surface area contributed by atoms with Gasteiger partial charge in [-0.3, -0.25) is 4.79 Å². The van der Waals surface area contributed by atoms with Crippen LogP contribution in [0.1, 0.15) is 0 Å². The number of aliphatic carboxylic acids is 1. The van der Waals surface area contributed by atoms with Crippen molar-refractivity contribution in [3.63, 3.8) is 0 Å². The summed E-state index contributed by atoms with van der Waals surface area (Å²) in [5.74, 6) is -1.84. The normalized spacial score (nSPS) is 12.2. The highest BCUT2D eigenvalue weighted by atomic mass is 32.2. The van der Waals surface area contributed by atoms with Gasteiger partial charge in [0.1, 0.15) is 11.6 Å². The molecule has 106 valence electrons. The zero-order valence-electron chi connectivity index (χ0n) is 10.3. The van der Waals surface area contributed by atoms with Gasteiger partial charge in [0.2, 0.25) is 5.91 Å². The maximum absolute atomic E-state index is 11.5. The minimum atomic E-state index is -1.30. The van der Waals surface area contributed by atoms with Gasteiger partial charge in [-0.25, -0.2) is 9.78 Å². The first-order valence-corrected chi connectivity index (χ1v) is 6.70. The number of hydrogen-bond acceptors (Lipinski definition) is 6. The first-order chi connectivity index (χ1) is 9.60. The molecule has 2 rings (SSSR count). The Balaban J connectivity index is 1.91. The number of oxazole rings is 1. The molecule has 7 nitrogen and oxygen atoms in total. The van der Waals surface area contributed by atoms with Crippen LogP contribution in [0.5, 0.6) is 0 Å². The van der Waals surface area contributed by atoms with Crippen molar-refractivity contribution < 1.29 is 24.2 Å². The van der Waals surface area contributed by atoms with E-state index in [0.717, 1.165) is 11.8 Å². The Morgan fingerprint density at radius 1 is 1.40 bits per heavy atom. The van der Waals surface area contributed by atoms with Gasteiger partial charge in [0.25, 0.3) is 5.22 Å². The molecule has 1 aromatic heterocycles. The number of thioether (sulfide) groups is 1. The van der Waals surface area contributed by atoms with Gasteiger partial charge in [-0.05, 0) is 12.1 Å². The summed E-state index contributed by atoms with van der Waals surface area (Å²) in [6.45, 7) is -0.658. The SMILES string of the molecule is O=C(CSc1nc2ccccc2o1)N[C@@H](CO)C(=O)O. The number of aliphatic hydroxyl groups is 1. The molecule has 0 unspecified atom stereocenters. The number of fused-ring (bicyclic) bond motifs is 1. The molecule has 0 bridgehead atoms. The molecule has 0 aliphatic carbocycles. The average Bonchev–Trinajstić information content (AvgIpc) is 2.85. The second-order valence-corrected chi connectivity index (χ2v) is 4.80. The zero-order valence-corrected chi connectivity index (χ0v) is 11.1. The van der Waals surface area contributed by atoms with Crippen molar-refractivity contribution in [2.75, 3.05) is 12.4 Å². The summed E-state index contributed by atoms with van der Waals surface area (Å²) in [6, 6.07) is 5.89. The molecule has 0 fully saturated rings. The number of amides is 1. The number of carbonyl (C=O) groups excluding carboxylic acids is 1. The number of hydrogen-bond donors (Lipinski definition) is 3. The Bertz CT molecular complexity index is 594. The molecule has 0 aliphatic heterocycles. The Morgan fingerprint density at radius 3 is 2.80 bits per heavy atom. The molecule has 1 amide bonds. The molecule has 20 heavy (non-hydrogen) atoms. The van der Waals surface area contributed by atoms with Crippen molar-refractivity contribution in [3.05, 3.63) is 24.3 Å². The molecule has 0 saturated carbocycles. The van der Waals surface area contributed by atoms with Gasteiger partial charge in [0, 0.05) is 0 Å². The minimum Gasteiger partial charge on any atom is -0.480 e. The summed E-state index contributed by atoms with van der Waals surface area (Å²) >= 11 is 1.05. The Labute approximate surface area is 118 Å². The number of carboxylic acids is 1. The molecular weight excluding hydrogens is 284 g/mol. The maximum atomic E-state index is 11.5. The first kappa shape index (κ1) is 14.4. The topological polar surface area (TPSA) is 113 Å². The van der Waals surface area contributed by atoms with Crippen molar-refractivity contribution >= 4 is 34.7 Å². The van der Waals surface area contributed by atoms with Gasteiger partial charge in [0.05, 0.1) is 12.4 Å². The Hall–Kier alpha value is -2.06. The molecule has 3 N–H and O–H groups in total. The number of carbonyl (C=O) groups is 2. The van der Waals surface area contributed by atoms with E-state index in [4.69, 9.17) is 14.6 Å². The van der Waals surface area contributed by atoms with Gasteiger partial charge < -0.3 is 19.9 Å². The third-order valence-corrected chi connectivity index (χ3v) is 3.24. The van der Waals surface area contributed by atoms with Crippen LogP contribution in [0, 0.1) is 0 Å². The van der Waals surface area contributed by atoms with E-state index in [1.54, 1.807) is 12.1 Å². The van der Waals surface area contributed by atoms with Crippen LogP contribution in [0.3, 0.4) is 0 Å². The number of nitrogens with zero attached hydrogens (tertiary/aromatic N) is 1. The molecule has 0 saturated heterocycles. The third kappa shape index (κ3) is 3.49. The smallest absolute Gasteiger partial charge is 0.328 e. The summed E-state index contributed by atoms with van der Waals surface area (Å²) in [5, 5.41) is 20.0. The molecule has 1 heterocycles. The molecule has 1 aromatic carbocycles. The molecular formula is C12H12N2O5S. The highest BCUT2D eigenvalue weighted by Gasteiger charge is 2.19. The summed E-state index contributed by atoms with van der Waals surface area (Å²) < 4.78 is 5.40. The fourth-order valence-electron chi connectivity index (χ4n) is 1.46. The molecule has 2 aromatic rings. The number of aromatic nitrogens is 1. The molecule has 8 heteroatoms. The number of para-hydroxylation sites is 2. The second-order valence-electron chi connectivity index (χ2n) is 3.88. The van der Waals surface area contributed by atoms with Gasteiger partial charge in [-0.2, -0.15) is 0 Å². The Kier molecular flexibility index (Phi) is 4.59. The van der Waals surface area contributed by atoms with Crippen LogP contribution in [0.15, 0.2) is 33.9 Å². The predicted molar refractivity (Wildman–Crippen MR) is 71.4 cm³/mol. The monoisotopic (exact) mass is 296 g/mol. The van der Waals surface area contributed by atoms with Gasteiger partial charge in [-0.1, -0.05) is 23.9 Å². The van der Waals surface area contributed by atoms with Crippen molar-refractivity contribution in [2.24, 2.45) is 0 Å². The molecule has 1 atom stereocenters. The predicted octanol–water partition coefficient (Wildman–Crippen LogP) is 0.482. The third-order valence-electron chi connectivity index (χ3n) is 2.42. The van der Waals surface area contributed by atoms with E-state index in [2.05, 4.69) is 10.3 Å². The van der Waals surface area contributed by atoms with E-state index in [9.17, 15) is 9.59 Å². The lowest BCUT2D eigenvalue weighted by atomic mass is 10.3. The van der Waals surface area contributed by atoms with E-state index >= 15 is 0 Å². The van der Waals surface area contributed by atoms with Gasteiger partial charge >= 0.3 is 5.97 Å². The minimum absolute atomic E-state index is 0.0450. The maximum Gasteiger partial charge on any atom is 0.328 e. The lowest BCUT2D eigenvalue weighted by Crippen LogP contribution is -2.44. The van der Waals surface area contributed by atoms with Crippen molar-refractivity contribution in [1.82, 2.24) is 10.3 Å². The van der Waals surface area contributed by atoms with Crippen LogP contribution in [-0.2, 0) is 9.59 Å². The highest BCUT2D eigenvalue weighted by molar-refractivity contribution is 7.99. The van der Waals surface area contributed by atoms with Crippen molar-refractivity contribution in [2.45, 2.75) is 11.3 Å². The summed E-state index contributed by atoms with van der Waals surface area (Å²) in [4.78, 5) is 26.3. The number of rotatable bonds is 6. The molecule has 0 aliphatic rings. The van der Waals surface area contributed by atoms with Crippen molar-refractivity contribution in [3.8, 4) is 0 Å². The van der Waals surface area contributed by atoms with Gasteiger partial charge in [-0.15, -0.1) is 0 Å². The first-order valence-electron chi connectivity index (χ1n) is 5.71. The van der Waals surface area contributed by atoms with Crippen LogP contribution < -0.4 is 5.32 Å². The van der Waals surface area contributed by atoms with E-state index in [0.29, 0.717) is 16.3 Å². The van der Waals surface area contributed by atoms with Crippen LogP contribution in [0.25, 0.3) is 11.1 Å². The largest absolute Gasteiger partial charge is 0.480 e. The fraction of sp³-hybridized carbons (Fsp3) is 0.250. The van der Waals surface area contributed by atoms with E-state index in [-0.39, 0.29) is 5.75 Å². The zero-order chi connectivity index (χ0) is 14.5. The lowest BCUT2D eigenvalue weighted by Gasteiger charge is -2.10. The van der Waals surface area contributed by atoms with Crippen LogP contribution >= 0.6 is 11.8 Å². The van der Waals surface area contributed by atoms with E-state index < -0.39 is 24.5 Å². The van der Waals surface area contributed by atoms with Crippen LogP contribution in [-0.4, -0.2) is 45.5 Å². The summed E-state index contributed by atoms with van der Waals surface area (Å²) in [6.07, 6.45) is 0. The molecule has 0 spiro atoms. The number of nitrogens with one attached hydrogen (secondary N) is 1. The van der Waals surface area contributed by atoms with Gasteiger partial charge in [0.15, 0.2) is 5.58 Å². The van der Waals surface area contributed by atoms with Crippen LogP contribution in [0.2, 0.25) is 0 Å². The summed E-state index contributed by atoms with van der Waals surface area (Å²) in [7, 11) is 0. The number of aliphatic hydroxyl groups excluding tert-OH is 1. The van der Waals surface area contributed by atoms with Crippen molar-refractivity contribution in [1.29, 1.82) is 0 Å². The highest BCUT2D eigenvalue weighted by Crippen LogP contribution is 2.22. The lowest BCUT2D eigenvalue weighted by molar-refractivity contribution is -0.142. The number of carboxylic acid groups (broad SMARTS) is 1. The van der Waals surface area contributed by atoms with E-state index in [1.165, 1.54) is 0 Å². The Morgan fingerprint density at radius 2 is 2.15 bits per heavy atom. The number of benzene rings is 1.